The van der Waals surface area contributed by atoms with Crippen LogP contribution in [-0.4, -0.2) is 37.3 Å². The van der Waals surface area contributed by atoms with E-state index in [1.54, 1.807) is 0 Å². The summed E-state index contributed by atoms with van der Waals surface area (Å²) in [5.41, 5.74) is -0.162. The fourth-order valence-corrected chi connectivity index (χ4v) is 0.897. The van der Waals surface area contributed by atoms with E-state index in [1.807, 2.05) is 20.8 Å². The summed E-state index contributed by atoms with van der Waals surface area (Å²) in [4.78, 5) is 11.1. The number of carbonyl (C=O) groups excluding carboxylic acids is 1. The highest BCUT2D eigenvalue weighted by molar-refractivity contribution is 5.77. The molecule has 3 N–H and O–H groups in total. The maximum absolute atomic E-state index is 11.1. The SMILES string of the molecule is CCCNC(=O)CNCC(C)(C)CO. The summed E-state index contributed by atoms with van der Waals surface area (Å²) in [5.74, 6) is 0.0144. The zero-order valence-corrected chi connectivity index (χ0v) is 9.39. The average Bonchev–Trinajstić information content (AvgIpc) is 2.14. The van der Waals surface area contributed by atoms with Gasteiger partial charge in [0, 0.05) is 25.1 Å². The molecule has 0 aromatic heterocycles. The second-order valence-corrected chi connectivity index (χ2v) is 4.28. The molecule has 0 bridgehead atoms. The van der Waals surface area contributed by atoms with E-state index in [-0.39, 0.29) is 17.9 Å². The van der Waals surface area contributed by atoms with Crippen molar-refractivity contribution in [3.8, 4) is 0 Å². The van der Waals surface area contributed by atoms with Crippen LogP contribution in [0.4, 0.5) is 0 Å². The molecule has 0 aliphatic carbocycles. The fourth-order valence-electron chi connectivity index (χ4n) is 0.897. The van der Waals surface area contributed by atoms with Crippen molar-refractivity contribution < 1.29 is 9.90 Å². The summed E-state index contributed by atoms with van der Waals surface area (Å²) >= 11 is 0. The zero-order chi connectivity index (χ0) is 11.0. The predicted molar refractivity (Wildman–Crippen MR) is 57.0 cm³/mol. The van der Waals surface area contributed by atoms with Crippen molar-refractivity contribution in [2.24, 2.45) is 5.41 Å². The molecule has 0 aliphatic rings. The Morgan fingerprint density at radius 3 is 2.57 bits per heavy atom. The second-order valence-electron chi connectivity index (χ2n) is 4.28. The molecule has 0 heterocycles. The number of rotatable bonds is 7. The van der Waals surface area contributed by atoms with E-state index in [0.29, 0.717) is 13.1 Å². The number of aliphatic hydroxyl groups is 1. The Morgan fingerprint density at radius 1 is 1.43 bits per heavy atom. The van der Waals surface area contributed by atoms with Crippen molar-refractivity contribution in [2.75, 3.05) is 26.2 Å². The van der Waals surface area contributed by atoms with Crippen LogP contribution >= 0.6 is 0 Å². The van der Waals surface area contributed by atoms with Crippen LogP contribution in [0.15, 0.2) is 0 Å². The van der Waals surface area contributed by atoms with Crippen LogP contribution in [0.5, 0.6) is 0 Å². The molecular weight excluding hydrogens is 180 g/mol. The standard InChI is InChI=1S/C10H22N2O2/c1-4-5-12-9(14)6-11-7-10(2,3)8-13/h11,13H,4-8H2,1-3H3,(H,12,14). The third-order valence-electron chi connectivity index (χ3n) is 1.89. The Balaban J connectivity index is 3.49. The van der Waals surface area contributed by atoms with Crippen molar-refractivity contribution in [3.63, 3.8) is 0 Å². The van der Waals surface area contributed by atoms with E-state index in [0.717, 1.165) is 13.0 Å². The molecule has 4 nitrogen and oxygen atoms in total. The smallest absolute Gasteiger partial charge is 0.233 e. The molecule has 0 fully saturated rings. The van der Waals surface area contributed by atoms with Crippen molar-refractivity contribution in [1.82, 2.24) is 10.6 Å². The second kappa shape index (κ2) is 6.79. The lowest BCUT2D eigenvalue weighted by Crippen LogP contribution is -2.39. The minimum Gasteiger partial charge on any atom is -0.396 e. The Labute approximate surface area is 86.1 Å². The van der Waals surface area contributed by atoms with E-state index in [4.69, 9.17) is 5.11 Å². The van der Waals surface area contributed by atoms with Gasteiger partial charge < -0.3 is 15.7 Å². The first-order chi connectivity index (χ1) is 6.52. The van der Waals surface area contributed by atoms with E-state index in [2.05, 4.69) is 10.6 Å². The topological polar surface area (TPSA) is 61.4 Å². The molecule has 0 radical (unpaired) electrons. The molecule has 0 atom stereocenters. The van der Waals surface area contributed by atoms with Crippen LogP contribution in [0.3, 0.4) is 0 Å². The molecule has 84 valence electrons. The molecule has 0 aromatic rings. The summed E-state index contributed by atoms with van der Waals surface area (Å²) in [6, 6.07) is 0. The molecule has 0 saturated heterocycles. The van der Waals surface area contributed by atoms with Crippen molar-refractivity contribution in [3.05, 3.63) is 0 Å². The van der Waals surface area contributed by atoms with Crippen molar-refractivity contribution >= 4 is 5.91 Å². The van der Waals surface area contributed by atoms with Crippen LogP contribution in [0.2, 0.25) is 0 Å². The summed E-state index contributed by atoms with van der Waals surface area (Å²) in [6.07, 6.45) is 0.952. The molecular formula is C10H22N2O2. The van der Waals surface area contributed by atoms with E-state index in [1.165, 1.54) is 0 Å². The predicted octanol–water partition coefficient (Wildman–Crippen LogP) is 0.121. The van der Waals surface area contributed by atoms with Gasteiger partial charge in [-0.1, -0.05) is 20.8 Å². The highest BCUT2D eigenvalue weighted by atomic mass is 16.3. The van der Waals surface area contributed by atoms with Crippen molar-refractivity contribution in [2.45, 2.75) is 27.2 Å². The number of amides is 1. The van der Waals surface area contributed by atoms with Gasteiger partial charge in [-0.05, 0) is 6.42 Å². The van der Waals surface area contributed by atoms with Gasteiger partial charge in [-0.15, -0.1) is 0 Å². The van der Waals surface area contributed by atoms with E-state index < -0.39 is 0 Å². The minimum absolute atomic E-state index is 0.0144. The lowest BCUT2D eigenvalue weighted by Gasteiger charge is -2.21. The lowest BCUT2D eigenvalue weighted by molar-refractivity contribution is -0.120. The fraction of sp³-hybridized carbons (Fsp3) is 0.900. The largest absolute Gasteiger partial charge is 0.396 e. The van der Waals surface area contributed by atoms with Gasteiger partial charge in [0.25, 0.3) is 0 Å². The monoisotopic (exact) mass is 202 g/mol. The number of carbonyl (C=O) groups is 1. The first kappa shape index (κ1) is 13.4. The van der Waals surface area contributed by atoms with Crippen LogP contribution in [0, 0.1) is 5.41 Å². The molecule has 0 saturated carbocycles. The first-order valence-corrected chi connectivity index (χ1v) is 5.10. The molecule has 1 amide bonds. The minimum atomic E-state index is -0.162. The molecule has 0 rings (SSSR count). The Bertz CT molecular complexity index is 170. The number of aliphatic hydroxyl groups excluding tert-OH is 1. The summed E-state index contributed by atoms with van der Waals surface area (Å²) in [6.45, 7) is 7.73. The van der Waals surface area contributed by atoms with E-state index in [9.17, 15) is 4.79 Å². The summed E-state index contributed by atoms with van der Waals surface area (Å²) in [7, 11) is 0. The third-order valence-corrected chi connectivity index (χ3v) is 1.89. The summed E-state index contributed by atoms with van der Waals surface area (Å²) < 4.78 is 0. The number of nitrogens with one attached hydrogen (secondary N) is 2. The van der Waals surface area contributed by atoms with Crippen LogP contribution in [-0.2, 0) is 4.79 Å². The highest BCUT2D eigenvalue weighted by Crippen LogP contribution is 2.10. The van der Waals surface area contributed by atoms with Gasteiger partial charge >= 0.3 is 0 Å². The Hall–Kier alpha value is -0.610. The van der Waals surface area contributed by atoms with Gasteiger partial charge in [0.05, 0.1) is 6.54 Å². The molecule has 0 aliphatic heterocycles. The molecule has 14 heavy (non-hydrogen) atoms. The van der Waals surface area contributed by atoms with Crippen LogP contribution < -0.4 is 10.6 Å². The van der Waals surface area contributed by atoms with Crippen LogP contribution in [0.1, 0.15) is 27.2 Å². The lowest BCUT2D eigenvalue weighted by atomic mass is 9.95. The maximum Gasteiger partial charge on any atom is 0.233 e. The van der Waals surface area contributed by atoms with Gasteiger partial charge in [-0.25, -0.2) is 0 Å². The average molecular weight is 202 g/mol. The van der Waals surface area contributed by atoms with Gasteiger partial charge in [0.1, 0.15) is 0 Å². The zero-order valence-electron chi connectivity index (χ0n) is 9.39. The molecule has 0 unspecified atom stereocenters. The van der Waals surface area contributed by atoms with Crippen molar-refractivity contribution in [1.29, 1.82) is 0 Å². The first-order valence-electron chi connectivity index (χ1n) is 5.10. The Kier molecular flexibility index (Phi) is 6.49. The normalized spacial score (nSPS) is 11.4. The molecule has 0 aromatic carbocycles. The van der Waals surface area contributed by atoms with Gasteiger partial charge in [-0.3, -0.25) is 4.79 Å². The Morgan fingerprint density at radius 2 is 2.07 bits per heavy atom. The number of hydrogen-bond acceptors (Lipinski definition) is 3. The van der Waals surface area contributed by atoms with Gasteiger partial charge in [0.15, 0.2) is 0 Å². The quantitative estimate of drug-likeness (QED) is 0.549. The summed E-state index contributed by atoms with van der Waals surface area (Å²) in [5, 5.41) is 14.7. The number of hydrogen-bond donors (Lipinski definition) is 3. The maximum atomic E-state index is 11.1. The van der Waals surface area contributed by atoms with Gasteiger partial charge in [-0.2, -0.15) is 0 Å². The molecule has 0 spiro atoms. The van der Waals surface area contributed by atoms with Crippen LogP contribution in [0.25, 0.3) is 0 Å². The highest BCUT2D eigenvalue weighted by Gasteiger charge is 2.15. The molecule has 4 heteroatoms. The van der Waals surface area contributed by atoms with E-state index >= 15 is 0 Å². The third kappa shape index (κ3) is 6.86. The van der Waals surface area contributed by atoms with Gasteiger partial charge in [0.2, 0.25) is 5.91 Å².